The largest absolute Gasteiger partial charge is 0.479 e. The van der Waals surface area contributed by atoms with Crippen LogP contribution in [0.2, 0.25) is 0 Å². The van der Waals surface area contributed by atoms with Crippen LogP contribution in [0.3, 0.4) is 0 Å². The van der Waals surface area contributed by atoms with Crippen LogP contribution in [-0.4, -0.2) is 129 Å². The van der Waals surface area contributed by atoms with Crippen molar-refractivity contribution in [2.24, 2.45) is 11.3 Å². The zero-order valence-electron chi connectivity index (χ0n) is 22.8. The van der Waals surface area contributed by atoms with Gasteiger partial charge in [-0.15, -0.1) is 0 Å². The molecule has 3 saturated heterocycles. The lowest BCUT2D eigenvalue weighted by Crippen LogP contribution is -2.59. The SMILES string of the molecule is CCC1CCC[C@@H](O[C@@H]2O[C@@]3(CO)[C@H](O)C34O[C@@H](C(=O)O)C3(CCOC24)CC3)C1O[C@@H]1OC(C)[C@@H](O)C(O)[C@@H]1O. The van der Waals surface area contributed by atoms with Crippen molar-refractivity contribution in [1.82, 2.24) is 0 Å². The van der Waals surface area contributed by atoms with Gasteiger partial charge in [0.2, 0.25) is 0 Å². The van der Waals surface area contributed by atoms with Crippen molar-refractivity contribution in [3.8, 4) is 0 Å². The summed E-state index contributed by atoms with van der Waals surface area (Å²) in [6, 6.07) is 0. The van der Waals surface area contributed by atoms with Gasteiger partial charge < -0.3 is 59.1 Å². The maximum atomic E-state index is 12.3. The van der Waals surface area contributed by atoms with Crippen molar-refractivity contribution in [1.29, 1.82) is 0 Å². The lowest BCUT2D eigenvalue weighted by molar-refractivity contribution is -0.330. The van der Waals surface area contributed by atoms with E-state index in [4.69, 9.17) is 28.4 Å². The van der Waals surface area contributed by atoms with Gasteiger partial charge in [-0.05, 0) is 44.9 Å². The van der Waals surface area contributed by atoms with Gasteiger partial charge in [0.1, 0.15) is 30.5 Å². The van der Waals surface area contributed by atoms with E-state index < -0.39 is 96.7 Å². The van der Waals surface area contributed by atoms with Gasteiger partial charge >= 0.3 is 5.97 Å². The number of carboxylic acids is 1. The molecule has 3 aliphatic carbocycles. The van der Waals surface area contributed by atoms with E-state index in [1.54, 1.807) is 6.92 Å². The number of aliphatic hydroxyl groups is 5. The van der Waals surface area contributed by atoms with Gasteiger partial charge in [-0.3, -0.25) is 0 Å². The number of aliphatic carboxylic acids is 1. The Morgan fingerprint density at radius 1 is 0.975 bits per heavy atom. The van der Waals surface area contributed by atoms with E-state index in [0.717, 1.165) is 19.3 Å². The second-order valence-corrected chi connectivity index (χ2v) is 12.5. The molecule has 0 amide bonds. The lowest BCUT2D eigenvalue weighted by Gasteiger charge is -2.45. The summed E-state index contributed by atoms with van der Waals surface area (Å²) in [7, 11) is 0. The Kier molecular flexibility index (Phi) is 7.52. The highest BCUT2D eigenvalue weighted by Gasteiger charge is 2.90. The molecule has 2 spiro atoms. The Balaban J connectivity index is 1.24. The van der Waals surface area contributed by atoms with Crippen LogP contribution < -0.4 is 0 Å². The van der Waals surface area contributed by atoms with Gasteiger partial charge in [0.25, 0.3) is 0 Å². The van der Waals surface area contributed by atoms with Gasteiger partial charge in [-0.2, -0.15) is 0 Å². The number of ether oxygens (including phenoxy) is 6. The summed E-state index contributed by atoms with van der Waals surface area (Å²) in [5.74, 6) is -1.10. The maximum Gasteiger partial charge on any atom is 0.333 e. The minimum Gasteiger partial charge on any atom is -0.479 e. The average Bonchev–Trinajstić information content (AvgIpc) is 3.78. The van der Waals surface area contributed by atoms with Crippen molar-refractivity contribution >= 4 is 5.97 Å². The van der Waals surface area contributed by atoms with Crippen LogP contribution in [0, 0.1) is 11.3 Å². The third-order valence-electron chi connectivity index (χ3n) is 10.4. The summed E-state index contributed by atoms with van der Waals surface area (Å²) in [5.41, 5.74) is -3.75. The second kappa shape index (κ2) is 10.3. The fourth-order valence-corrected chi connectivity index (χ4v) is 7.56. The first-order valence-corrected chi connectivity index (χ1v) is 14.5. The van der Waals surface area contributed by atoms with Crippen molar-refractivity contribution in [2.75, 3.05) is 13.2 Å². The van der Waals surface area contributed by atoms with Crippen LogP contribution in [-0.2, 0) is 33.2 Å². The van der Waals surface area contributed by atoms with Gasteiger partial charge in [0, 0.05) is 12.0 Å². The molecular weight excluding hydrogens is 532 g/mol. The van der Waals surface area contributed by atoms with Gasteiger partial charge in [0.05, 0.1) is 24.9 Å². The lowest BCUT2D eigenvalue weighted by atomic mass is 9.82. The van der Waals surface area contributed by atoms with Gasteiger partial charge in [-0.1, -0.05) is 19.8 Å². The van der Waals surface area contributed by atoms with E-state index in [-0.39, 0.29) is 12.5 Å². The molecule has 3 aliphatic heterocycles. The third kappa shape index (κ3) is 4.20. The number of hydrogen-bond donors (Lipinski definition) is 6. The van der Waals surface area contributed by atoms with Crippen LogP contribution in [0.1, 0.15) is 58.8 Å². The molecule has 0 bridgehead atoms. The molecule has 3 saturated carbocycles. The summed E-state index contributed by atoms with van der Waals surface area (Å²) in [6.45, 7) is 3.21. The van der Waals surface area contributed by atoms with Gasteiger partial charge in [0.15, 0.2) is 29.9 Å². The summed E-state index contributed by atoms with van der Waals surface area (Å²) < 4.78 is 37.0. The quantitative estimate of drug-likeness (QED) is 0.218. The van der Waals surface area contributed by atoms with E-state index >= 15 is 0 Å². The zero-order valence-corrected chi connectivity index (χ0v) is 22.8. The smallest absolute Gasteiger partial charge is 0.333 e. The first-order chi connectivity index (χ1) is 19.0. The van der Waals surface area contributed by atoms with E-state index in [9.17, 15) is 35.4 Å². The van der Waals surface area contributed by atoms with Crippen LogP contribution in [0.15, 0.2) is 0 Å². The number of aliphatic hydroxyl groups excluding tert-OH is 5. The predicted molar refractivity (Wildman–Crippen MR) is 132 cm³/mol. The molecule has 6 unspecified atom stereocenters. The van der Waals surface area contributed by atoms with Gasteiger partial charge in [-0.25, -0.2) is 4.79 Å². The van der Waals surface area contributed by atoms with E-state index in [1.165, 1.54) is 0 Å². The zero-order chi connectivity index (χ0) is 28.6. The summed E-state index contributed by atoms with van der Waals surface area (Å²) in [4.78, 5) is 12.3. The highest BCUT2D eigenvalue weighted by molar-refractivity contribution is 5.74. The minimum absolute atomic E-state index is 0.0248. The molecule has 0 radical (unpaired) electrons. The fourth-order valence-electron chi connectivity index (χ4n) is 7.56. The second-order valence-electron chi connectivity index (χ2n) is 12.5. The highest BCUT2D eigenvalue weighted by Crippen LogP contribution is 2.67. The molecule has 6 aliphatic rings. The van der Waals surface area contributed by atoms with Crippen LogP contribution >= 0.6 is 0 Å². The van der Waals surface area contributed by atoms with E-state index in [1.807, 2.05) is 6.92 Å². The molecule has 6 rings (SSSR count). The van der Waals surface area contributed by atoms with Crippen LogP contribution in [0.4, 0.5) is 0 Å². The number of hydrogen-bond acceptors (Lipinski definition) is 12. The molecule has 0 aromatic carbocycles. The molecule has 40 heavy (non-hydrogen) atoms. The fraction of sp³-hybridized carbons (Fsp3) is 0.963. The van der Waals surface area contributed by atoms with Crippen molar-refractivity contribution < 1.29 is 63.9 Å². The summed E-state index contributed by atoms with van der Waals surface area (Å²) >= 11 is 0. The van der Waals surface area contributed by atoms with Crippen molar-refractivity contribution in [3.05, 3.63) is 0 Å². The molecule has 14 atom stereocenters. The molecule has 6 N–H and O–H groups in total. The molecule has 0 aromatic rings. The average molecular weight is 575 g/mol. The monoisotopic (exact) mass is 574 g/mol. The number of carboxylic acid groups (broad SMARTS) is 1. The Bertz CT molecular complexity index is 961. The topological polar surface area (TPSA) is 194 Å². The standard InChI is InChI=1S/C27H42O13/c1-3-13-5-4-6-14(18(13)38-22-17(31)16(30)15(29)12(2)36-22)37-23-20-27(24(34)26(27,11-28)40-23)39-19(21(32)33)25(7-8-25)9-10-35-20/h12-20,22-24,28-31,34H,3-11H2,1-2H3,(H,32,33)/t12?,13?,14-,15-,16?,17+,18?,19+,20?,22+,23-,24+,26+,27?/m1/s1. The molecule has 13 heteroatoms. The minimum atomic E-state index is -1.60. The Labute approximate surface area is 232 Å². The van der Waals surface area contributed by atoms with Crippen molar-refractivity contribution in [3.63, 3.8) is 0 Å². The Morgan fingerprint density at radius 2 is 1.73 bits per heavy atom. The molecule has 13 nitrogen and oxygen atoms in total. The first kappa shape index (κ1) is 29.1. The third-order valence-corrected chi connectivity index (χ3v) is 10.4. The summed E-state index contributed by atoms with van der Waals surface area (Å²) in [6.07, 6.45) is -7.02. The number of rotatable bonds is 7. The maximum absolute atomic E-state index is 12.3. The Morgan fingerprint density at radius 3 is 2.38 bits per heavy atom. The van der Waals surface area contributed by atoms with E-state index in [2.05, 4.69) is 0 Å². The Hall–Kier alpha value is -0.970. The van der Waals surface area contributed by atoms with Crippen LogP contribution in [0.5, 0.6) is 0 Å². The molecule has 6 fully saturated rings. The molecular formula is C27H42O13. The first-order valence-electron chi connectivity index (χ1n) is 14.5. The highest BCUT2D eigenvalue weighted by atomic mass is 16.8. The normalized spacial score (nSPS) is 53.3. The molecule has 228 valence electrons. The molecule has 0 aromatic heterocycles. The number of carbonyl (C=O) groups is 1. The predicted octanol–water partition coefficient (Wildman–Crippen LogP) is -0.966. The summed E-state index contributed by atoms with van der Waals surface area (Å²) in [5, 5.41) is 62.3. The van der Waals surface area contributed by atoms with Crippen molar-refractivity contribution in [2.45, 2.75) is 138 Å². The van der Waals surface area contributed by atoms with E-state index in [0.29, 0.717) is 25.7 Å². The van der Waals surface area contributed by atoms with Crippen LogP contribution in [0.25, 0.3) is 0 Å². The molecule has 3 heterocycles.